The Hall–Kier alpha value is -2.00. The van der Waals surface area contributed by atoms with Crippen molar-refractivity contribution < 1.29 is 9.13 Å². The molecule has 0 bridgehead atoms. The molecule has 0 spiro atoms. The monoisotopic (exact) mass is 303 g/mol. The lowest BCUT2D eigenvalue weighted by Gasteiger charge is -2.10. The summed E-state index contributed by atoms with van der Waals surface area (Å²) in [5.41, 5.74) is 1.83. The smallest absolute Gasteiger partial charge is 0.132 e. The van der Waals surface area contributed by atoms with Gasteiger partial charge in [0.15, 0.2) is 0 Å². The minimum atomic E-state index is -0.205. The molecule has 0 aliphatic carbocycles. The zero-order valence-electron chi connectivity index (χ0n) is 11.6. The van der Waals surface area contributed by atoms with E-state index in [-0.39, 0.29) is 5.82 Å². The van der Waals surface area contributed by atoms with Crippen LogP contribution in [0.15, 0.2) is 48.5 Å². The summed E-state index contributed by atoms with van der Waals surface area (Å²) in [7, 11) is 0. The van der Waals surface area contributed by atoms with Gasteiger partial charge < -0.3 is 9.30 Å². The summed E-state index contributed by atoms with van der Waals surface area (Å²) in [4.78, 5) is 0. The molecule has 1 aromatic heterocycles. The van der Waals surface area contributed by atoms with Gasteiger partial charge in [0.2, 0.25) is 0 Å². The number of aromatic nitrogens is 1. The number of halogens is 2. The van der Waals surface area contributed by atoms with E-state index < -0.39 is 0 Å². The third-order valence-corrected chi connectivity index (χ3v) is 3.71. The Morgan fingerprint density at radius 3 is 2.71 bits per heavy atom. The van der Waals surface area contributed by atoms with Crippen LogP contribution in [-0.4, -0.2) is 4.57 Å². The molecule has 0 unspecified atom stereocenters. The van der Waals surface area contributed by atoms with Crippen LogP contribution in [0.2, 0.25) is 5.02 Å². The highest BCUT2D eigenvalue weighted by Gasteiger charge is 2.11. The van der Waals surface area contributed by atoms with Crippen molar-refractivity contribution in [3.63, 3.8) is 0 Å². The molecular formula is C17H15ClFNO. The molecule has 3 rings (SSSR count). The van der Waals surface area contributed by atoms with Gasteiger partial charge in [0.1, 0.15) is 18.2 Å². The molecule has 1 heterocycles. The van der Waals surface area contributed by atoms with Crippen molar-refractivity contribution in [1.82, 2.24) is 4.57 Å². The van der Waals surface area contributed by atoms with Crippen LogP contribution in [0.1, 0.15) is 12.6 Å². The van der Waals surface area contributed by atoms with E-state index in [9.17, 15) is 4.39 Å². The maximum Gasteiger partial charge on any atom is 0.132 e. The number of hydrogen-bond donors (Lipinski definition) is 0. The van der Waals surface area contributed by atoms with Gasteiger partial charge >= 0.3 is 0 Å². The Bertz CT molecular complexity index is 782. The van der Waals surface area contributed by atoms with Gasteiger partial charge in [0, 0.05) is 17.0 Å². The normalized spacial score (nSPS) is 11.0. The van der Waals surface area contributed by atoms with Crippen molar-refractivity contribution in [2.75, 3.05) is 0 Å². The van der Waals surface area contributed by atoms with Crippen LogP contribution in [0.4, 0.5) is 4.39 Å². The molecule has 2 nitrogen and oxygen atoms in total. The lowest BCUT2D eigenvalue weighted by Crippen LogP contribution is -2.04. The van der Waals surface area contributed by atoms with Gasteiger partial charge in [-0.05, 0) is 43.3 Å². The number of ether oxygens (including phenoxy) is 1. The number of hydrogen-bond acceptors (Lipinski definition) is 1. The van der Waals surface area contributed by atoms with Crippen LogP contribution in [0.5, 0.6) is 5.75 Å². The number of nitrogens with zero attached hydrogens (tertiary/aromatic N) is 1. The summed E-state index contributed by atoms with van der Waals surface area (Å²) in [6.45, 7) is 3.18. The Morgan fingerprint density at radius 2 is 1.95 bits per heavy atom. The largest absolute Gasteiger partial charge is 0.487 e. The maximum absolute atomic E-state index is 13.9. The van der Waals surface area contributed by atoms with Crippen molar-refractivity contribution in [1.29, 1.82) is 0 Å². The molecule has 0 radical (unpaired) electrons. The fourth-order valence-electron chi connectivity index (χ4n) is 2.51. The van der Waals surface area contributed by atoms with E-state index in [1.807, 2.05) is 31.2 Å². The summed E-state index contributed by atoms with van der Waals surface area (Å²) in [6.07, 6.45) is 0. The lowest BCUT2D eigenvalue weighted by molar-refractivity contribution is 0.296. The molecule has 4 heteroatoms. The molecule has 2 aromatic carbocycles. The zero-order valence-corrected chi connectivity index (χ0v) is 12.4. The van der Waals surface area contributed by atoms with E-state index in [4.69, 9.17) is 16.3 Å². The summed E-state index contributed by atoms with van der Waals surface area (Å²) in [6, 6.07) is 14.2. The summed E-state index contributed by atoms with van der Waals surface area (Å²) < 4.78 is 21.7. The first-order valence-corrected chi connectivity index (χ1v) is 7.22. The highest BCUT2D eigenvalue weighted by Crippen LogP contribution is 2.24. The van der Waals surface area contributed by atoms with Crippen LogP contribution < -0.4 is 4.74 Å². The Labute approximate surface area is 127 Å². The third-order valence-electron chi connectivity index (χ3n) is 3.48. The van der Waals surface area contributed by atoms with Gasteiger partial charge in [-0.3, -0.25) is 0 Å². The van der Waals surface area contributed by atoms with Gasteiger partial charge in [-0.1, -0.05) is 23.7 Å². The first-order valence-electron chi connectivity index (χ1n) is 6.84. The van der Waals surface area contributed by atoms with Crippen molar-refractivity contribution in [3.05, 3.63) is 65.1 Å². The Morgan fingerprint density at radius 1 is 1.14 bits per heavy atom. The van der Waals surface area contributed by atoms with E-state index in [1.165, 1.54) is 6.07 Å². The molecule has 0 saturated carbocycles. The molecule has 0 N–H and O–H groups in total. The first kappa shape index (κ1) is 14.0. The second kappa shape index (κ2) is 5.78. The van der Waals surface area contributed by atoms with Crippen LogP contribution in [-0.2, 0) is 13.2 Å². The second-order valence-electron chi connectivity index (χ2n) is 4.80. The predicted octanol–water partition coefficient (Wildman–Crippen LogP) is 5.03. The number of rotatable bonds is 4. The topological polar surface area (TPSA) is 14.2 Å². The van der Waals surface area contributed by atoms with Crippen LogP contribution in [0, 0.1) is 5.82 Å². The lowest BCUT2D eigenvalue weighted by atomic mass is 10.2. The van der Waals surface area contributed by atoms with E-state index in [2.05, 4.69) is 4.57 Å². The highest BCUT2D eigenvalue weighted by molar-refractivity contribution is 6.30. The van der Waals surface area contributed by atoms with Crippen molar-refractivity contribution in [2.24, 2.45) is 0 Å². The van der Waals surface area contributed by atoms with Gasteiger partial charge in [0.25, 0.3) is 0 Å². The Balaban J connectivity index is 1.91. The summed E-state index contributed by atoms with van der Waals surface area (Å²) in [5.74, 6) is 0.500. The maximum atomic E-state index is 13.9. The average molecular weight is 304 g/mol. The molecule has 3 aromatic rings. The Kier molecular flexibility index (Phi) is 3.84. The van der Waals surface area contributed by atoms with Crippen molar-refractivity contribution >= 4 is 22.5 Å². The van der Waals surface area contributed by atoms with Crippen molar-refractivity contribution in [3.8, 4) is 5.75 Å². The first-order chi connectivity index (χ1) is 10.2. The molecule has 0 amide bonds. The fraction of sp³-hybridized carbons (Fsp3) is 0.176. The summed E-state index contributed by atoms with van der Waals surface area (Å²) in [5, 5.41) is 1.26. The van der Waals surface area contributed by atoms with Crippen molar-refractivity contribution in [2.45, 2.75) is 20.1 Å². The van der Waals surface area contributed by atoms with Crippen LogP contribution in [0.3, 0.4) is 0 Å². The van der Waals surface area contributed by atoms with Crippen LogP contribution >= 0.6 is 11.6 Å². The molecule has 0 aliphatic rings. The second-order valence-corrected chi connectivity index (χ2v) is 5.24. The molecular weight excluding hydrogens is 289 g/mol. The standard InChI is InChI=1S/C17H15ClFNO/c1-2-20-13(10-15-16(19)7-4-8-17(15)20)11-21-14-6-3-5-12(18)9-14/h3-10H,2,11H2,1H3. The SMILES string of the molecule is CCn1c(COc2cccc(Cl)c2)cc2c(F)cccc21. The molecule has 0 saturated heterocycles. The molecule has 0 aliphatic heterocycles. The van der Waals surface area contributed by atoms with E-state index in [0.717, 1.165) is 17.8 Å². The minimum absolute atomic E-state index is 0.205. The van der Waals surface area contributed by atoms with E-state index in [0.29, 0.717) is 22.8 Å². The van der Waals surface area contributed by atoms with Gasteiger partial charge in [-0.2, -0.15) is 0 Å². The van der Waals surface area contributed by atoms with Gasteiger partial charge in [0.05, 0.1) is 11.2 Å². The van der Waals surface area contributed by atoms with Gasteiger partial charge in [-0.25, -0.2) is 4.39 Å². The molecule has 0 atom stereocenters. The number of benzene rings is 2. The van der Waals surface area contributed by atoms with Gasteiger partial charge in [-0.15, -0.1) is 0 Å². The molecule has 21 heavy (non-hydrogen) atoms. The van der Waals surface area contributed by atoms with E-state index in [1.54, 1.807) is 18.2 Å². The minimum Gasteiger partial charge on any atom is -0.487 e. The zero-order chi connectivity index (χ0) is 14.8. The summed E-state index contributed by atoms with van der Waals surface area (Å²) >= 11 is 5.94. The quantitative estimate of drug-likeness (QED) is 0.659. The molecule has 0 fully saturated rings. The van der Waals surface area contributed by atoms with E-state index >= 15 is 0 Å². The third kappa shape index (κ3) is 2.74. The number of fused-ring (bicyclic) bond motifs is 1. The average Bonchev–Trinajstić information content (AvgIpc) is 2.84. The fourth-order valence-corrected chi connectivity index (χ4v) is 2.69. The predicted molar refractivity (Wildman–Crippen MR) is 83.4 cm³/mol. The number of aryl methyl sites for hydroxylation is 1. The molecule has 108 valence electrons. The van der Waals surface area contributed by atoms with Crippen LogP contribution in [0.25, 0.3) is 10.9 Å². The highest BCUT2D eigenvalue weighted by atomic mass is 35.5.